The SMILES string of the molecule is Cc1nc(COc2cccnc2)sc1C(=O)Nc1ccc2c(c1)OCO2. The number of aromatic nitrogens is 2. The Morgan fingerprint density at radius 1 is 1.31 bits per heavy atom. The average molecular weight is 369 g/mol. The molecular formula is C18H15N3O4S. The number of amides is 1. The van der Waals surface area contributed by atoms with E-state index in [1.165, 1.54) is 11.3 Å². The molecule has 0 saturated carbocycles. The number of carbonyl (C=O) groups is 1. The lowest BCUT2D eigenvalue weighted by Crippen LogP contribution is -2.11. The van der Waals surface area contributed by atoms with E-state index in [0.717, 1.165) is 5.01 Å². The van der Waals surface area contributed by atoms with Crippen LogP contribution in [0.4, 0.5) is 5.69 Å². The number of nitrogens with zero attached hydrogens (tertiary/aromatic N) is 2. The molecule has 3 aromatic rings. The Morgan fingerprint density at radius 2 is 2.19 bits per heavy atom. The number of hydrogen-bond donors (Lipinski definition) is 1. The normalized spacial score (nSPS) is 12.0. The van der Waals surface area contributed by atoms with Crippen molar-refractivity contribution in [2.75, 3.05) is 12.1 Å². The standard InChI is InChI=1S/C18H15N3O4S/c1-11-17(26-16(20-11)9-23-13-3-2-6-19-8-13)18(22)21-12-4-5-14-15(7-12)25-10-24-14/h2-8H,9-10H2,1H3,(H,21,22). The molecule has 26 heavy (non-hydrogen) atoms. The fraction of sp³-hybridized carbons (Fsp3) is 0.167. The molecule has 0 bridgehead atoms. The van der Waals surface area contributed by atoms with Gasteiger partial charge in [-0.25, -0.2) is 4.98 Å². The van der Waals surface area contributed by atoms with Crippen molar-refractivity contribution < 1.29 is 19.0 Å². The van der Waals surface area contributed by atoms with Crippen molar-refractivity contribution in [1.82, 2.24) is 9.97 Å². The highest BCUT2D eigenvalue weighted by Crippen LogP contribution is 2.34. The highest BCUT2D eigenvalue weighted by molar-refractivity contribution is 7.13. The van der Waals surface area contributed by atoms with E-state index in [-0.39, 0.29) is 19.3 Å². The van der Waals surface area contributed by atoms with E-state index in [4.69, 9.17) is 14.2 Å². The molecule has 2 aromatic heterocycles. The average Bonchev–Trinajstić information content (AvgIpc) is 3.26. The number of rotatable bonds is 5. The summed E-state index contributed by atoms with van der Waals surface area (Å²) in [5.41, 5.74) is 1.30. The van der Waals surface area contributed by atoms with Gasteiger partial charge in [-0.2, -0.15) is 0 Å². The summed E-state index contributed by atoms with van der Waals surface area (Å²) in [4.78, 5) is 21.5. The van der Waals surface area contributed by atoms with Crippen molar-refractivity contribution in [3.8, 4) is 17.2 Å². The number of aryl methyl sites for hydroxylation is 1. The van der Waals surface area contributed by atoms with Gasteiger partial charge < -0.3 is 19.5 Å². The van der Waals surface area contributed by atoms with Crippen LogP contribution in [0.2, 0.25) is 0 Å². The smallest absolute Gasteiger partial charge is 0.267 e. The van der Waals surface area contributed by atoms with Gasteiger partial charge in [0.2, 0.25) is 6.79 Å². The first-order chi connectivity index (χ1) is 12.7. The maximum atomic E-state index is 12.6. The van der Waals surface area contributed by atoms with E-state index in [9.17, 15) is 4.79 Å². The third-order valence-electron chi connectivity index (χ3n) is 3.67. The Bertz CT molecular complexity index is 943. The zero-order valence-corrected chi connectivity index (χ0v) is 14.7. The Kier molecular flexibility index (Phi) is 4.40. The van der Waals surface area contributed by atoms with Crippen LogP contribution in [0, 0.1) is 6.92 Å². The van der Waals surface area contributed by atoms with Crippen LogP contribution >= 0.6 is 11.3 Å². The third-order valence-corrected chi connectivity index (χ3v) is 4.80. The van der Waals surface area contributed by atoms with Gasteiger partial charge in [-0.15, -0.1) is 11.3 Å². The van der Waals surface area contributed by atoms with Gasteiger partial charge >= 0.3 is 0 Å². The molecule has 0 atom stereocenters. The summed E-state index contributed by atoms with van der Waals surface area (Å²) in [5.74, 6) is 1.74. The monoisotopic (exact) mass is 369 g/mol. The molecular weight excluding hydrogens is 354 g/mol. The number of fused-ring (bicyclic) bond motifs is 1. The quantitative estimate of drug-likeness (QED) is 0.742. The van der Waals surface area contributed by atoms with Crippen LogP contribution in [-0.4, -0.2) is 22.7 Å². The lowest BCUT2D eigenvalue weighted by atomic mass is 10.2. The van der Waals surface area contributed by atoms with Crippen LogP contribution in [0.5, 0.6) is 17.2 Å². The zero-order chi connectivity index (χ0) is 17.9. The molecule has 7 nitrogen and oxygen atoms in total. The minimum atomic E-state index is -0.216. The van der Waals surface area contributed by atoms with Crippen molar-refractivity contribution in [2.24, 2.45) is 0 Å². The summed E-state index contributed by atoms with van der Waals surface area (Å²) in [6.45, 7) is 2.29. The summed E-state index contributed by atoms with van der Waals surface area (Å²) in [7, 11) is 0. The van der Waals surface area contributed by atoms with Crippen molar-refractivity contribution in [2.45, 2.75) is 13.5 Å². The largest absolute Gasteiger partial charge is 0.485 e. The Morgan fingerprint density at radius 3 is 3.04 bits per heavy atom. The number of hydrogen-bond acceptors (Lipinski definition) is 7. The summed E-state index contributed by atoms with van der Waals surface area (Å²) >= 11 is 1.31. The van der Waals surface area contributed by atoms with E-state index < -0.39 is 0 Å². The minimum absolute atomic E-state index is 0.195. The number of anilines is 1. The van der Waals surface area contributed by atoms with Gasteiger partial charge in [0.25, 0.3) is 5.91 Å². The number of thiazole rings is 1. The van der Waals surface area contributed by atoms with E-state index in [1.807, 2.05) is 6.07 Å². The third kappa shape index (κ3) is 3.45. The Balaban J connectivity index is 1.44. The molecule has 0 fully saturated rings. The number of ether oxygens (including phenoxy) is 3. The Hall–Kier alpha value is -3.13. The van der Waals surface area contributed by atoms with Gasteiger partial charge in [-0.1, -0.05) is 0 Å². The Labute approximate surface area is 153 Å². The first-order valence-corrected chi connectivity index (χ1v) is 8.71. The molecule has 3 heterocycles. The number of benzene rings is 1. The lowest BCUT2D eigenvalue weighted by molar-refractivity contribution is 0.103. The van der Waals surface area contributed by atoms with Crippen LogP contribution < -0.4 is 19.5 Å². The molecule has 0 saturated heterocycles. The molecule has 0 unspecified atom stereocenters. The second-order valence-electron chi connectivity index (χ2n) is 5.52. The van der Waals surface area contributed by atoms with Crippen LogP contribution in [0.15, 0.2) is 42.7 Å². The van der Waals surface area contributed by atoms with Crippen molar-refractivity contribution >= 4 is 22.9 Å². The number of nitrogens with one attached hydrogen (secondary N) is 1. The summed E-state index contributed by atoms with van der Waals surface area (Å²) in [5, 5.41) is 3.59. The first kappa shape index (κ1) is 16.3. The molecule has 1 aliphatic rings. The molecule has 132 valence electrons. The number of carbonyl (C=O) groups excluding carboxylic acids is 1. The predicted molar refractivity (Wildman–Crippen MR) is 95.9 cm³/mol. The molecule has 1 amide bonds. The van der Waals surface area contributed by atoms with Crippen LogP contribution in [0.3, 0.4) is 0 Å². The second kappa shape index (κ2) is 7.01. The summed E-state index contributed by atoms with van der Waals surface area (Å²) in [6.07, 6.45) is 3.31. The molecule has 1 N–H and O–H groups in total. The molecule has 0 spiro atoms. The highest BCUT2D eigenvalue weighted by atomic mass is 32.1. The van der Waals surface area contributed by atoms with Gasteiger partial charge in [0.1, 0.15) is 22.2 Å². The van der Waals surface area contributed by atoms with Gasteiger partial charge in [0.15, 0.2) is 11.5 Å². The van der Waals surface area contributed by atoms with Crippen LogP contribution in [0.1, 0.15) is 20.4 Å². The van der Waals surface area contributed by atoms with E-state index in [1.54, 1.807) is 43.6 Å². The van der Waals surface area contributed by atoms with Gasteiger partial charge in [0.05, 0.1) is 11.9 Å². The summed E-state index contributed by atoms with van der Waals surface area (Å²) in [6, 6.07) is 8.90. The molecule has 1 aliphatic heterocycles. The van der Waals surface area contributed by atoms with E-state index in [2.05, 4.69) is 15.3 Å². The number of pyridine rings is 1. The van der Waals surface area contributed by atoms with Crippen LogP contribution in [-0.2, 0) is 6.61 Å². The molecule has 1 aromatic carbocycles. The van der Waals surface area contributed by atoms with Gasteiger partial charge in [0, 0.05) is 18.0 Å². The van der Waals surface area contributed by atoms with Crippen LogP contribution in [0.25, 0.3) is 0 Å². The maximum Gasteiger partial charge on any atom is 0.267 e. The molecule has 0 radical (unpaired) electrons. The fourth-order valence-electron chi connectivity index (χ4n) is 2.46. The van der Waals surface area contributed by atoms with Gasteiger partial charge in [-0.3, -0.25) is 9.78 Å². The lowest BCUT2D eigenvalue weighted by Gasteiger charge is -2.05. The highest BCUT2D eigenvalue weighted by Gasteiger charge is 2.18. The topological polar surface area (TPSA) is 82.6 Å². The van der Waals surface area contributed by atoms with Crippen molar-refractivity contribution in [3.63, 3.8) is 0 Å². The van der Waals surface area contributed by atoms with E-state index in [0.29, 0.717) is 33.5 Å². The fourth-order valence-corrected chi connectivity index (χ4v) is 3.34. The summed E-state index contributed by atoms with van der Waals surface area (Å²) < 4.78 is 16.2. The van der Waals surface area contributed by atoms with Crippen molar-refractivity contribution in [3.05, 3.63) is 58.3 Å². The maximum absolute atomic E-state index is 12.6. The molecule has 8 heteroatoms. The van der Waals surface area contributed by atoms with Gasteiger partial charge in [-0.05, 0) is 31.2 Å². The predicted octanol–water partition coefficient (Wildman–Crippen LogP) is 3.41. The minimum Gasteiger partial charge on any atom is -0.485 e. The molecule has 0 aliphatic carbocycles. The second-order valence-corrected chi connectivity index (χ2v) is 6.61. The van der Waals surface area contributed by atoms with E-state index >= 15 is 0 Å². The zero-order valence-electron chi connectivity index (χ0n) is 13.9. The van der Waals surface area contributed by atoms with Crippen molar-refractivity contribution in [1.29, 1.82) is 0 Å². The molecule has 4 rings (SSSR count). The first-order valence-electron chi connectivity index (χ1n) is 7.89.